The Bertz CT molecular complexity index is 527. The van der Waals surface area contributed by atoms with Gasteiger partial charge in [0.25, 0.3) is 0 Å². The summed E-state index contributed by atoms with van der Waals surface area (Å²) in [5.74, 6) is 1.19. The van der Waals surface area contributed by atoms with Crippen LogP contribution in [0.5, 0.6) is 5.75 Å². The second-order valence-corrected chi connectivity index (χ2v) is 3.39. The van der Waals surface area contributed by atoms with Crippen LogP contribution in [0.1, 0.15) is 5.56 Å². The summed E-state index contributed by atoms with van der Waals surface area (Å²) in [5.41, 5.74) is 1.93. The van der Waals surface area contributed by atoms with Crippen molar-refractivity contribution in [3.05, 3.63) is 42.2 Å². The fraction of sp³-hybridized carbons (Fsp3) is 0.0769. The van der Waals surface area contributed by atoms with Crippen molar-refractivity contribution in [1.29, 1.82) is 0 Å². The van der Waals surface area contributed by atoms with E-state index in [-0.39, 0.29) is 0 Å². The molecule has 0 fully saturated rings. The molecule has 0 saturated heterocycles. The van der Waals surface area contributed by atoms with Crippen LogP contribution >= 0.6 is 0 Å². The number of benzene rings is 1. The van der Waals surface area contributed by atoms with Gasteiger partial charge in [-0.05, 0) is 36.8 Å². The first-order valence-electron chi connectivity index (χ1n) is 4.98. The lowest BCUT2D eigenvalue weighted by atomic mass is 10.2. The average molecular weight is 226 g/mol. The van der Waals surface area contributed by atoms with Gasteiger partial charge >= 0.3 is 0 Å². The highest BCUT2D eigenvalue weighted by Crippen LogP contribution is 2.19. The first kappa shape index (κ1) is 11.0. The molecular weight excluding hydrogens is 216 g/mol. The number of hydrogen-bond donors (Lipinski definition) is 0. The van der Waals surface area contributed by atoms with Gasteiger partial charge in [0.05, 0.1) is 0 Å². The third-order valence-corrected chi connectivity index (χ3v) is 2.08. The van der Waals surface area contributed by atoms with E-state index in [0.29, 0.717) is 11.6 Å². The van der Waals surface area contributed by atoms with Gasteiger partial charge in [0, 0.05) is 18.0 Å². The number of terminal acetylenes is 1. The Hall–Kier alpha value is -2.54. The van der Waals surface area contributed by atoms with Crippen molar-refractivity contribution in [3.8, 4) is 29.7 Å². The molecule has 0 unspecified atom stereocenters. The van der Waals surface area contributed by atoms with Gasteiger partial charge in [0.15, 0.2) is 17.7 Å². The van der Waals surface area contributed by atoms with Crippen molar-refractivity contribution in [2.75, 3.05) is 0 Å². The lowest BCUT2D eigenvalue weighted by molar-refractivity contribution is -0.133. The van der Waals surface area contributed by atoms with Crippen molar-refractivity contribution < 1.29 is 9.78 Å². The highest BCUT2D eigenvalue weighted by Gasteiger charge is 2.01. The molecule has 0 amide bonds. The molecule has 0 radical (unpaired) electrons. The second-order valence-electron chi connectivity index (χ2n) is 3.39. The van der Waals surface area contributed by atoms with Crippen LogP contribution < -0.4 is 4.89 Å². The minimum atomic E-state index is 0.527. The maximum Gasteiger partial charge on any atom is 0.179 e. The predicted molar refractivity (Wildman–Crippen MR) is 62.8 cm³/mol. The van der Waals surface area contributed by atoms with Crippen molar-refractivity contribution in [1.82, 2.24) is 9.97 Å². The van der Waals surface area contributed by atoms with Crippen LogP contribution in [0.15, 0.2) is 36.7 Å². The Morgan fingerprint density at radius 2 is 1.76 bits per heavy atom. The summed E-state index contributed by atoms with van der Waals surface area (Å²) in [6, 6.07) is 7.13. The van der Waals surface area contributed by atoms with Crippen LogP contribution in [-0.2, 0) is 4.89 Å². The Morgan fingerprint density at radius 1 is 1.12 bits per heavy atom. The monoisotopic (exact) mass is 226 g/mol. The zero-order valence-electron chi connectivity index (χ0n) is 9.25. The van der Waals surface area contributed by atoms with Crippen LogP contribution in [0, 0.1) is 19.5 Å². The van der Waals surface area contributed by atoms with Gasteiger partial charge in [-0.25, -0.2) is 14.9 Å². The van der Waals surface area contributed by atoms with Crippen molar-refractivity contribution >= 4 is 0 Å². The van der Waals surface area contributed by atoms with Crippen molar-refractivity contribution in [3.63, 3.8) is 0 Å². The van der Waals surface area contributed by atoms with Crippen molar-refractivity contribution in [2.24, 2.45) is 0 Å². The van der Waals surface area contributed by atoms with Gasteiger partial charge < -0.3 is 0 Å². The molecule has 0 aliphatic carbocycles. The molecule has 0 spiro atoms. The lowest BCUT2D eigenvalue weighted by Gasteiger charge is -2.02. The van der Waals surface area contributed by atoms with E-state index in [9.17, 15) is 0 Å². The Kier molecular flexibility index (Phi) is 3.22. The van der Waals surface area contributed by atoms with E-state index in [4.69, 9.17) is 11.3 Å². The molecule has 0 atom stereocenters. The number of aromatic nitrogens is 2. The predicted octanol–water partition coefficient (Wildman–Crippen LogP) is 2.35. The smallest absolute Gasteiger partial charge is 0.179 e. The van der Waals surface area contributed by atoms with Crippen LogP contribution in [0.2, 0.25) is 0 Å². The summed E-state index contributed by atoms with van der Waals surface area (Å²) in [7, 11) is 0. The summed E-state index contributed by atoms with van der Waals surface area (Å²) in [6.45, 7) is 1.94. The first-order valence-corrected chi connectivity index (χ1v) is 4.98. The zero-order chi connectivity index (χ0) is 12.1. The van der Waals surface area contributed by atoms with E-state index < -0.39 is 0 Å². The van der Waals surface area contributed by atoms with Gasteiger partial charge in [-0.3, -0.25) is 4.89 Å². The Labute approximate surface area is 99.2 Å². The van der Waals surface area contributed by atoms with Crippen LogP contribution in [0.25, 0.3) is 11.4 Å². The molecule has 0 saturated carbocycles. The van der Waals surface area contributed by atoms with Crippen LogP contribution in [-0.4, -0.2) is 9.97 Å². The van der Waals surface area contributed by atoms with E-state index >= 15 is 0 Å². The average Bonchev–Trinajstić information content (AvgIpc) is 2.38. The highest BCUT2D eigenvalue weighted by molar-refractivity contribution is 5.55. The summed E-state index contributed by atoms with van der Waals surface area (Å²) in [5, 5.41) is 0. The van der Waals surface area contributed by atoms with Crippen LogP contribution in [0.3, 0.4) is 0 Å². The largest absolute Gasteiger partial charge is 0.281 e. The van der Waals surface area contributed by atoms with E-state index in [1.807, 2.05) is 25.2 Å². The second kappa shape index (κ2) is 4.99. The van der Waals surface area contributed by atoms with E-state index in [0.717, 1.165) is 11.1 Å². The third kappa shape index (κ3) is 2.73. The fourth-order valence-corrected chi connectivity index (χ4v) is 1.27. The Balaban J connectivity index is 2.18. The molecule has 0 aliphatic heterocycles. The summed E-state index contributed by atoms with van der Waals surface area (Å²) >= 11 is 0. The third-order valence-electron chi connectivity index (χ3n) is 2.08. The molecule has 0 bridgehead atoms. The van der Waals surface area contributed by atoms with E-state index in [1.165, 1.54) is 0 Å². The maximum absolute atomic E-state index is 4.89. The molecule has 1 aromatic carbocycles. The normalized spacial score (nSPS) is 9.41. The number of rotatable bonds is 3. The minimum absolute atomic E-state index is 0.527. The topological polar surface area (TPSA) is 44.2 Å². The molecule has 84 valence electrons. The molecule has 1 heterocycles. The van der Waals surface area contributed by atoms with Crippen LogP contribution in [0.4, 0.5) is 0 Å². The molecule has 4 heteroatoms. The number of nitrogens with zero attached hydrogens (tertiary/aromatic N) is 2. The lowest BCUT2D eigenvalue weighted by Crippen LogP contribution is -1.91. The first-order chi connectivity index (χ1) is 8.29. The molecule has 0 N–H and O–H groups in total. The summed E-state index contributed by atoms with van der Waals surface area (Å²) in [4.78, 5) is 17.6. The molecule has 4 nitrogen and oxygen atoms in total. The molecule has 2 rings (SSSR count). The molecule has 17 heavy (non-hydrogen) atoms. The maximum atomic E-state index is 4.89. The molecular formula is C13H10N2O2. The molecule has 2 aromatic rings. The Morgan fingerprint density at radius 3 is 2.35 bits per heavy atom. The minimum Gasteiger partial charge on any atom is -0.281 e. The van der Waals surface area contributed by atoms with E-state index in [1.54, 1.807) is 24.5 Å². The van der Waals surface area contributed by atoms with Gasteiger partial charge in [-0.1, -0.05) is 6.42 Å². The standard InChI is InChI=1S/C13H10N2O2/c1-3-16-17-12-6-4-11(5-7-12)13-14-8-10(2)9-15-13/h1,4-9H,2H3. The SMILES string of the molecule is C#COOc1ccc(-c2ncc(C)cn2)cc1. The van der Waals surface area contributed by atoms with E-state index in [2.05, 4.69) is 14.9 Å². The fourth-order valence-electron chi connectivity index (χ4n) is 1.27. The summed E-state index contributed by atoms with van der Waals surface area (Å²) in [6.07, 6.45) is 10.4. The van der Waals surface area contributed by atoms with Gasteiger partial charge in [-0.2, -0.15) is 0 Å². The number of hydrogen-bond acceptors (Lipinski definition) is 4. The van der Waals surface area contributed by atoms with Crippen molar-refractivity contribution in [2.45, 2.75) is 6.92 Å². The number of aryl methyl sites for hydroxylation is 1. The van der Waals surface area contributed by atoms with Gasteiger partial charge in [-0.15, -0.1) is 0 Å². The molecule has 1 aromatic heterocycles. The molecule has 0 aliphatic rings. The quantitative estimate of drug-likeness (QED) is 0.458. The zero-order valence-corrected chi connectivity index (χ0v) is 9.25. The van der Waals surface area contributed by atoms with Gasteiger partial charge in [0.1, 0.15) is 0 Å². The van der Waals surface area contributed by atoms with Gasteiger partial charge in [0.2, 0.25) is 0 Å². The summed E-state index contributed by atoms with van der Waals surface area (Å²) < 4.78 is 0. The highest BCUT2D eigenvalue weighted by atomic mass is 17.2.